The van der Waals surface area contributed by atoms with Crippen molar-refractivity contribution in [2.24, 2.45) is 5.92 Å². The number of pyridine rings is 1. The van der Waals surface area contributed by atoms with E-state index in [0.29, 0.717) is 32.1 Å². The van der Waals surface area contributed by atoms with Gasteiger partial charge < -0.3 is 14.5 Å². The standard InChI is InChI=1S/C22H25N3O3/c1-28-20-7-3-2-6-17(20)14-24(13-16-5-4-10-23-12-16)22(27)18-11-21(26)25(15-18)19-8-9-19/h2-7,10,12,18-19H,8-9,11,13-15H2,1H3. The zero-order valence-corrected chi connectivity index (χ0v) is 16.1. The second-order valence-corrected chi connectivity index (χ2v) is 7.55. The number of aromatic nitrogens is 1. The van der Waals surface area contributed by atoms with Crippen LogP contribution < -0.4 is 4.74 Å². The third kappa shape index (κ3) is 4.01. The molecule has 6 heteroatoms. The van der Waals surface area contributed by atoms with E-state index < -0.39 is 0 Å². The quantitative estimate of drug-likeness (QED) is 0.742. The average molecular weight is 379 g/mol. The predicted molar refractivity (Wildman–Crippen MR) is 104 cm³/mol. The van der Waals surface area contributed by atoms with E-state index in [4.69, 9.17) is 4.74 Å². The third-order valence-corrected chi connectivity index (χ3v) is 5.46. The maximum atomic E-state index is 13.4. The average Bonchev–Trinajstić information content (AvgIpc) is 3.49. The molecular weight excluding hydrogens is 354 g/mol. The highest BCUT2D eigenvalue weighted by Gasteiger charge is 2.42. The first kappa shape index (κ1) is 18.5. The minimum atomic E-state index is -0.278. The van der Waals surface area contributed by atoms with Gasteiger partial charge in [0.2, 0.25) is 11.8 Å². The van der Waals surface area contributed by atoms with Gasteiger partial charge in [-0.2, -0.15) is 0 Å². The molecular formula is C22H25N3O3. The predicted octanol–water partition coefficient (Wildman–Crippen LogP) is 2.63. The third-order valence-electron chi connectivity index (χ3n) is 5.46. The number of benzene rings is 1. The van der Waals surface area contributed by atoms with Crippen LogP contribution in [0.1, 0.15) is 30.4 Å². The monoisotopic (exact) mass is 379 g/mol. The number of amides is 2. The highest BCUT2D eigenvalue weighted by atomic mass is 16.5. The Bertz CT molecular complexity index is 851. The van der Waals surface area contributed by atoms with Crippen molar-refractivity contribution >= 4 is 11.8 Å². The molecule has 2 fully saturated rings. The normalized spacial score (nSPS) is 19.0. The van der Waals surface area contributed by atoms with Crippen LogP contribution in [-0.4, -0.2) is 46.3 Å². The van der Waals surface area contributed by atoms with Gasteiger partial charge in [-0.05, 0) is 30.5 Å². The lowest BCUT2D eigenvalue weighted by atomic mass is 10.1. The van der Waals surface area contributed by atoms with Gasteiger partial charge in [-0.3, -0.25) is 14.6 Å². The van der Waals surface area contributed by atoms with Crippen LogP contribution in [0.15, 0.2) is 48.8 Å². The molecule has 1 aliphatic carbocycles. The Morgan fingerprint density at radius 3 is 2.75 bits per heavy atom. The summed E-state index contributed by atoms with van der Waals surface area (Å²) in [6.45, 7) is 1.43. The van der Waals surface area contributed by atoms with Crippen LogP contribution in [-0.2, 0) is 22.7 Å². The van der Waals surface area contributed by atoms with Crippen LogP contribution in [0.2, 0.25) is 0 Å². The van der Waals surface area contributed by atoms with Crippen LogP contribution in [0.4, 0.5) is 0 Å². The van der Waals surface area contributed by atoms with Crippen LogP contribution in [0.25, 0.3) is 0 Å². The fraction of sp³-hybridized carbons (Fsp3) is 0.409. The van der Waals surface area contributed by atoms with Gasteiger partial charge in [0.15, 0.2) is 0 Å². The molecule has 0 radical (unpaired) electrons. The number of nitrogens with zero attached hydrogens (tertiary/aromatic N) is 3. The summed E-state index contributed by atoms with van der Waals surface area (Å²) in [5.74, 6) is 0.610. The lowest BCUT2D eigenvalue weighted by Crippen LogP contribution is -2.37. The van der Waals surface area contributed by atoms with Gasteiger partial charge in [-0.15, -0.1) is 0 Å². The molecule has 2 aliphatic rings. The number of ether oxygens (including phenoxy) is 1. The van der Waals surface area contributed by atoms with Crippen molar-refractivity contribution in [1.82, 2.24) is 14.8 Å². The van der Waals surface area contributed by atoms with Gasteiger partial charge in [0.1, 0.15) is 5.75 Å². The summed E-state index contributed by atoms with van der Waals surface area (Å²) in [5.41, 5.74) is 1.92. The molecule has 0 spiro atoms. The first-order valence-corrected chi connectivity index (χ1v) is 9.74. The lowest BCUT2D eigenvalue weighted by Gasteiger charge is -2.26. The van der Waals surface area contributed by atoms with E-state index in [2.05, 4.69) is 4.98 Å². The highest BCUT2D eigenvalue weighted by molar-refractivity contribution is 5.89. The van der Waals surface area contributed by atoms with Crippen molar-refractivity contribution in [1.29, 1.82) is 0 Å². The number of rotatable bonds is 7. The number of carbonyl (C=O) groups excluding carboxylic acids is 2. The SMILES string of the molecule is COc1ccccc1CN(Cc1cccnc1)C(=O)C1CC(=O)N(C2CC2)C1. The van der Waals surface area contributed by atoms with Crippen LogP contribution >= 0.6 is 0 Å². The number of hydrogen-bond acceptors (Lipinski definition) is 4. The zero-order chi connectivity index (χ0) is 19.5. The Labute approximate surface area is 165 Å². The molecule has 1 aliphatic heterocycles. The fourth-order valence-electron chi connectivity index (χ4n) is 3.86. The van der Waals surface area contributed by atoms with Crippen molar-refractivity contribution in [2.45, 2.75) is 38.4 Å². The van der Waals surface area contributed by atoms with E-state index in [-0.39, 0.29) is 17.7 Å². The molecule has 28 heavy (non-hydrogen) atoms. The fourth-order valence-corrected chi connectivity index (χ4v) is 3.86. The Morgan fingerprint density at radius 2 is 2.04 bits per heavy atom. The van der Waals surface area contributed by atoms with Crippen molar-refractivity contribution in [2.75, 3.05) is 13.7 Å². The Morgan fingerprint density at radius 1 is 1.21 bits per heavy atom. The Kier molecular flexibility index (Phi) is 5.28. The van der Waals surface area contributed by atoms with E-state index >= 15 is 0 Å². The van der Waals surface area contributed by atoms with Gasteiger partial charge in [-0.25, -0.2) is 0 Å². The molecule has 4 rings (SSSR count). The number of methoxy groups -OCH3 is 1. The molecule has 1 aromatic carbocycles. The number of carbonyl (C=O) groups is 2. The van der Waals surface area contributed by atoms with Gasteiger partial charge >= 0.3 is 0 Å². The topological polar surface area (TPSA) is 62.7 Å². The Balaban J connectivity index is 1.55. The minimum Gasteiger partial charge on any atom is -0.496 e. The van der Waals surface area contributed by atoms with Crippen LogP contribution in [0.5, 0.6) is 5.75 Å². The van der Waals surface area contributed by atoms with E-state index in [1.807, 2.05) is 46.2 Å². The summed E-state index contributed by atoms with van der Waals surface area (Å²) in [7, 11) is 1.63. The largest absolute Gasteiger partial charge is 0.496 e. The van der Waals surface area contributed by atoms with Crippen LogP contribution in [0, 0.1) is 5.92 Å². The molecule has 0 N–H and O–H groups in total. The summed E-state index contributed by atoms with van der Waals surface area (Å²) in [5, 5.41) is 0. The van der Waals surface area contributed by atoms with Crippen molar-refractivity contribution in [3.05, 3.63) is 59.9 Å². The summed E-state index contributed by atoms with van der Waals surface area (Å²) in [6.07, 6.45) is 5.93. The summed E-state index contributed by atoms with van der Waals surface area (Å²) in [4.78, 5) is 33.6. The lowest BCUT2D eigenvalue weighted by molar-refractivity contribution is -0.137. The highest BCUT2D eigenvalue weighted by Crippen LogP contribution is 2.33. The molecule has 6 nitrogen and oxygen atoms in total. The van der Waals surface area contributed by atoms with Gasteiger partial charge in [0.25, 0.3) is 0 Å². The molecule has 146 valence electrons. The summed E-state index contributed by atoms with van der Waals surface area (Å²) < 4.78 is 5.46. The van der Waals surface area contributed by atoms with E-state index in [1.54, 1.807) is 19.5 Å². The molecule has 2 heterocycles. The maximum Gasteiger partial charge on any atom is 0.228 e. The van der Waals surface area contributed by atoms with Gasteiger partial charge in [-0.1, -0.05) is 24.3 Å². The molecule has 1 aromatic heterocycles. The van der Waals surface area contributed by atoms with E-state index in [0.717, 1.165) is 29.7 Å². The molecule has 1 saturated heterocycles. The zero-order valence-electron chi connectivity index (χ0n) is 16.1. The smallest absolute Gasteiger partial charge is 0.228 e. The molecule has 1 saturated carbocycles. The molecule has 1 atom stereocenters. The summed E-state index contributed by atoms with van der Waals surface area (Å²) in [6, 6.07) is 11.9. The van der Waals surface area contributed by atoms with Crippen LogP contribution in [0.3, 0.4) is 0 Å². The maximum absolute atomic E-state index is 13.4. The first-order valence-electron chi connectivity index (χ1n) is 9.74. The number of likely N-dealkylation sites (tertiary alicyclic amines) is 1. The summed E-state index contributed by atoms with van der Waals surface area (Å²) >= 11 is 0. The number of hydrogen-bond donors (Lipinski definition) is 0. The second kappa shape index (κ2) is 8.00. The molecule has 1 unspecified atom stereocenters. The Hall–Kier alpha value is -2.89. The second-order valence-electron chi connectivity index (χ2n) is 7.55. The number of para-hydroxylation sites is 1. The molecule has 0 bridgehead atoms. The van der Waals surface area contributed by atoms with E-state index in [9.17, 15) is 9.59 Å². The minimum absolute atomic E-state index is 0.0197. The van der Waals surface area contributed by atoms with Gasteiger partial charge in [0, 0.05) is 50.1 Å². The van der Waals surface area contributed by atoms with Crippen molar-refractivity contribution < 1.29 is 14.3 Å². The van der Waals surface area contributed by atoms with Crippen molar-refractivity contribution in [3.63, 3.8) is 0 Å². The van der Waals surface area contributed by atoms with Gasteiger partial charge in [0.05, 0.1) is 13.0 Å². The molecule has 2 aromatic rings. The first-order chi connectivity index (χ1) is 13.7. The van der Waals surface area contributed by atoms with E-state index in [1.165, 1.54) is 0 Å². The van der Waals surface area contributed by atoms with Crippen molar-refractivity contribution in [3.8, 4) is 5.75 Å². The molecule has 2 amide bonds.